The van der Waals surface area contributed by atoms with Crippen molar-refractivity contribution in [3.8, 4) is 0 Å². The minimum Gasteiger partial charge on any atom is -0.366 e. The number of fused-ring (bicyclic) bond motifs is 1. The number of primary amides is 1. The van der Waals surface area contributed by atoms with Crippen molar-refractivity contribution in [2.24, 2.45) is 10.7 Å². The molecule has 0 saturated carbocycles. The summed E-state index contributed by atoms with van der Waals surface area (Å²) in [5.41, 5.74) is 8.23. The number of allylic oxidation sites excluding steroid dienone is 3. The second kappa shape index (κ2) is 5.30. The van der Waals surface area contributed by atoms with Crippen LogP contribution in [0.1, 0.15) is 23.0 Å². The molecule has 1 amide bonds. The van der Waals surface area contributed by atoms with Crippen molar-refractivity contribution in [2.45, 2.75) is 6.92 Å². The molecular weight excluding hydrogens is 240 g/mol. The fourth-order valence-electron chi connectivity index (χ4n) is 1.83. The zero-order chi connectivity index (χ0) is 13.8. The number of rotatable bonds is 4. The van der Waals surface area contributed by atoms with Gasteiger partial charge in [0.2, 0.25) is 5.91 Å². The molecule has 0 unspecified atom stereocenters. The number of nitrogens with zero attached hydrogens (tertiary/aromatic N) is 2. The maximum Gasteiger partial charge on any atom is 0.248 e. The number of nitrogens with two attached hydrogens (primary N) is 1. The average Bonchev–Trinajstić information content (AvgIpc) is 2.83. The molecule has 96 valence electrons. The lowest BCUT2D eigenvalue weighted by Gasteiger charge is -1.99. The minimum atomic E-state index is -0.459. The van der Waals surface area contributed by atoms with E-state index in [9.17, 15) is 4.79 Å². The molecule has 0 aliphatic carbocycles. The highest BCUT2D eigenvalue weighted by atomic mass is 16.1. The molecule has 0 aliphatic heterocycles. The van der Waals surface area contributed by atoms with Crippen molar-refractivity contribution >= 4 is 29.1 Å². The first kappa shape index (κ1) is 12.8. The Morgan fingerprint density at radius 1 is 1.53 bits per heavy atom. The molecule has 0 saturated heterocycles. The Bertz CT molecular complexity index is 695. The fourth-order valence-corrected chi connectivity index (χ4v) is 1.83. The zero-order valence-electron chi connectivity index (χ0n) is 10.6. The van der Waals surface area contributed by atoms with Gasteiger partial charge in [-0.15, -0.1) is 0 Å². The van der Waals surface area contributed by atoms with E-state index in [0.717, 1.165) is 22.2 Å². The van der Waals surface area contributed by atoms with Gasteiger partial charge in [-0.25, -0.2) is 0 Å². The van der Waals surface area contributed by atoms with Crippen LogP contribution in [0, 0.1) is 0 Å². The summed E-state index contributed by atoms with van der Waals surface area (Å²) in [6, 6.07) is 5.19. The molecule has 5 nitrogen and oxygen atoms in total. The number of amides is 1. The lowest BCUT2D eigenvalue weighted by molar-refractivity contribution is 0.100. The Labute approximate surface area is 110 Å². The Balaban J connectivity index is 2.60. The van der Waals surface area contributed by atoms with Crippen LogP contribution in [-0.4, -0.2) is 22.8 Å². The van der Waals surface area contributed by atoms with Gasteiger partial charge in [0.05, 0.1) is 11.2 Å². The number of hydrogen-bond donors (Lipinski definition) is 2. The van der Waals surface area contributed by atoms with Gasteiger partial charge in [-0.05, 0) is 43.5 Å². The third-order valence-electron chi connectivity index (χ3n) is 2.79. The quantitative estimate of drug-likeness (QED) is 0.648. The monoisotopic (exact) mass is 254 g/mol. The Hall–Kier alpha value is -2.69. The second-order valence-electron chi connectivity index (χ2n) is 3.94. The van der Waals surface area contributed by atoms with Crippen molar-refractivity contribution in [2.75, 3.05) is 0 Å². The van der Waals surface area contributed by atoms with Gasteiger partial charge in [-0.2, -0.15) is 5.10 Å². The molecule has 1 aromatic heterocycles. The van der Waals surface area contributed by atoms with Crippen molar-refractivity contribution in [1.29, 1.82) is 0 Å². The summed E-state index contributed by atoms with van der Waals surface area (Å²) in [4.78, 5) is 14.9. The van der Waals surface area contributed by atoms with Gasteiger partial charge in [-0.1, -0.05) is 6.08 Å². The molecule has 0 bridgehead atoms. The topological polar surface area (TPSA) is 84.1 Å². The van der Waals surface area contributed by atoms with Crippen LogP contribution in [-0.2, 0) is 0 Å². The SMILES string of the molecule is C=N/C=C\C(=C/C)c1n[nH]c2ccc(C(N)=O)cc12. The molecule has 0 radical (unpaired) electrons. The molecule has 2 rings (SSSR count). The summed E-state index contributed by atoms with van der Waals surface area (Å²) in [7, 11) is 0. The van der Waals surface area contributed by atoms with Crippen molar-refractivity contribution in [1.82, 2.24) is 10.2 Å². The van der Waals surface area contributed by atoms with Crippen LogP contribution in [0.5, 0.6) is 0 Å². The number of hydrogen-bond acceptors (Lipinski definition) is 3. The zero-order valence-corrected chi connectivity index (χ0v) is 10.6. The first-order chi connectivity index (χ1) is 9.17. The number of carbonyl (C=O) groups excluding carboxylic acids is 1. The van der Waals surface area contributed by atoms with Gasteiger partial charge in [0, 0.05) is 17.1 Å². The van der Waals surface area contributed by atoms with E-state index in [1.54, 1.807) is 30.5 Å². The average molecular weight is 254 g/mol. The maximum absolute atomic E-state index is 11.2. The van der Waals surface area contributed by atoms with Gasteiger partial charge in [0.15, 0.2) is 0 Å². The van der Waals surface area contributed by atoms with Crippen LogP contribution in [0.4, 0.5) is 0 Å². The Morgan fingerprint density at radius 2 is 2.32 bits per heavy atom. The molecule has 2 aromatic rings. The van der Waals surface area contributed by atoms with Gasteiger partial charge in [0.1, 0.15) is 0 Å². The lowest BCUT2D eigenvalue weighted by atomic mass is 10.1. The van der Waals surface area contributed by atoms with Crippen LogP contribution in [0.25, 0.3) is 16.5 Å². The molecule has 1 heterocycles. The number of aromatic amines is 1. The number of benzene rings is 1. The highest BCUT2D eigenvalue weighted by molar-refractivity contribution is 6.00. The summed E-state index contributed by atoms with van der Waals surface area (Å²) in [5.74, 6) is -0.459. The largest absolute Gasteiger partial charge is 0.366 e. The Morgan fingerprint density at radius 3 is 2.95 bits per heavy atom. The van der Waals surface area contributed by atoms with Crippen LogP contribution in [0.2, 0.25) is 0 Å². The lowest BCUT2D eigenvalue weighted by Crippen LogP contribution is -2.10. The van der Waals surface area contributed by atoms with Crippen molar-refractivity contribution in [3.05, 3.63) is 47.8 Å². The molecular formula is C14H14N4O. The molecule has 1 aromatic carbocycles. The standard InChI is InChI=1S/C14H14N4O/c1-3-9(6-7-16-2)13-11-8-10(14(15)19)4-5-12(11)17-18-13/h3-8H,2H2,1H3,(H2,15,19)(H,17,18)/b7-6-,9-3+. The molecule has 0 atom stereocenters. The molecule has 0 spiro atoms. The van der Waals surface area contributed by atoms with E-state index in [4.69, 9.17) is 5.73 Å². The molecule has 5 heteroatoms. The van der Waals surface area contributed by atoms with E-state index in [1.165, 1.54) is 0 Å². The fraction of sp³-hybridized carbons (Fsp3) is 0.0714. The third-order valence-corrected chi connectivity index (χ3v) is 2.79. The van der Waals surface area contributed by atoms with Gasteiger partial charge < -0.3 is 5.73 Å². The van der Waals surface area contributed by atoms with E-state index in [1.807, 2.05) is 13.0 Å². The third kappa shape index (κ3) is 2.44. The van der Waals surface area contributed by atoms with E-state index >= 15 is 0 Å². The van der Waals surface area contributed by atoms with E-state index in [0.29, 0.717) is 5.56 Å². The minimum absolute atomic E-state index is 0.455. The smallest absolute Gasteiger partial charge is 0.248 e. The maximum atomic E-state index is 11.2. The predicted molar refractivity (Wildman–Crippen MR) is 77.0 cm³/mol. The summed E-state index contributed by atoms with van der Waals surface area (Å²) in [6.45, 7) is 5.30. The normalized spacial score (nSPS) is 12.2. The molecule has 3 N–H and O–H groups in total. The summed E-state index contributed by atoms with van der Waals surface area (Å²) in [5, 5.41) is 8.03. The summed E-state index contributed by atoms with van der Waals surface area (Å²) in [6.07, 6.45) is 5.31. The first-order valence-corrected chi connectivity index (χ1v) is 5.74. The summed E-state index contributed by atoms with van der Waals surface area (Å²) < 4.78 is 0. The van der Waals surface area contributed by atoms with E-state index in [-0.39, 0.29) is 0 Å². The van der Waals surface area contributed by atoms with E-state index < -0.39 is 5.91 Å². The molecule has 19 heavy (non-hydrogen) atoms. The second-order valence-corrected chi connectivity index (χ2v) is 3.94. The number of aromatic nitrogens is 2. The van der Waals surface area contributed by atoms with Crippen LogP contribution in [0.15, 0.2) is 41.5 Å². The van der Waals surface area contributed by atoms with Crippen LogP contribution < -0.4 is 5.73 Å². The first-order valence-electron chi connectivity index (χ1n) is 5.74. The van der Waals surface area contributed by atoms with E-state index in [2.05, 4.69) is 21.9 Å². The number of nitrogens with one attached hydrogen (secondary N) is 1. The molecule has 0 aliphatic rings. The van der Waals surface area contributed by atoms with Crippen LogP contribution >= 0.6 is 0 Å². The molecule has 0 fully saturated rings. The highest BCUT2D eigenvalue weighted by Gasteiger charge is 2.10. The highest BCUT2D eigenvalue weighted by Crippen LogP contribution is 2.24. The van der Waals surface area contributed by atoms with Crippen LogP contribution in [0.3, 0.4) is 0 Å². The Kier molecular flexibility index (Phi) is 3.56. The van der Waals surface area contributed by atoms with Crippen molar-refractivity contribution in [3.63, 3.8) is 0 Å². The summed E-state index contributed by atoms with van der Waals surface area (Å²) >= 11 is 0. The van der Waals surface area contributed by atoms with Crippen molar-refractivity contribution < 1.29 is 4.79 Å². The van der Waals surface area contributed by atoms with Gasteiger partial charge in [-0.3, -0.25) is 14.9 Å². The van der Waals surface area contributed by atoms with Gasteiger partial charge >= 0.3 is 0 Å². The number of carbonyl (C=O) groups is 1. The van der Waals surface area contributed by atoms with Gasteiger partial charge in [0.25, 0.3) is 0 Å². The number of H-pyrrole nitrogens is 1. The number of aliphatic imine (C=N–C) groups is 1. The predicted octanol–water partition coefficient (Wildman–Crippen LogP) is 2.28.